The van der Waals surface area contributed by atoms with Gasteiger partial charge in [0.1, 0.15) is 5.82 Å². The van der Waals surface area contributed by atoms with Gasteiger partial charge in [-0.15, -0.1) is 11.6 Å². The Morgan fingerprint density at radius 3 is 3.15 bits per heavy atom. The van der Waals surface area contributed by atoms with E-state index in [0.717, 1.165) is 25.2 Å². The molecule has 1 aliphatic carbocycles. The van der Waals surface area contributed by atoms with Crippen LogP contribution >= 0.6 is 11.6 Å². The summed E-state index contributed by atoms with van der Waals surface area (Å²) in [5.41, 5.74) is 1.30. The van der Waals surface area contributed by atoms with E-state index in [1.54, 1.807) is 0 Å². The van der Waals surface area contributed by atoms with E-state index in [0.29, 0.717) is 0 Å². The van der Waals surface area contributed by atoms with Gasteiger partial charge in [-0.1, -0.05) is 6.08 Å². The lowest BCUT2D eigenvalue weighted by Gasteiger charge is -2.04. The van der Waals surface area contributed by atoms with Crippen molar-refractivity contribution >= 4 is 17.2 Å². The molecule has 0 N–H and O–H groups in total. The second kappa shape index (κ2) is 3.54. The number of alkyl halides is 1. The molecule has 0 bridgehead atoms. The lowest BCUT2D eigenvalue weighted by Crippen LogP contribution is -1.98. The van der Waals surface area contributed by atoms with E-state index in [4.69, 9.17) is 11.6 Å². The monoisotopic (exact) mass is 196 g/mol. The Morgan fingerprint density at radius 1 is 1.69 bits per heavy atom. The Labute approximate surface area is 83.2 Å². The average Bonchev–Trinajstić information content (AvgIpc) is 2.71. The van der Waals surface area contributed by atoms with Gasteiger partial charge in [0.2, 0.25) is 0 Å². The van der Waals surface area contributed by atoms with E-state index < -0.39 is 0 Å². The molecule has 2 nitrogen and oxygen atoms in total. The predicted molar refractivity (Wildman–Crippen MR) is 54.8 cm³/mol. The minimum absolute atomic E-state index is 0.206. The number of hydrogen-bond donors (Lipinski definition) is 0. The van der Waals surface area contributed by atoms with Gasteiger partial charge in [-0.05, 0) is 25.3 Å². The first-order valence-corrected chi connectivity index (χ1v) is 5.11. The molecule has 13 heavy (non-hydrogen) atoms. The van der Waals surface area contributed by atoms with Crippen LogP contribution in [0.4, 0.5) is 0 Å². The van der Waals surface area contributed by atoms with Crippen LogP contribution in [-0.4, -0.2) is 14.9 Å². The zero-order valence-electron chi connectivity index (χ0n) is 7.70. The number of halogens is 1. The average molecular weight is 197 g/mol. The summed E-state index contributed by atoms with van der Waals surface area (Å²) < 4.78 is 2.15. The van der Waals surface area contributed by atoms with Crippen molar-refractivity contribution in [1.29, 1.82) is 0 Å². The molecule has 0 saturated carbocycles. The van der Waals surface area contributed by atoms with Crippen LogP contribution in [0.2, 0.25) is 0 Å². The van der Waals surface area contributed by atoms with E-state index in [-0.39, 0.29) is 5.38 Å². The standard InChI is InChI=1S/C10H13ClN2/c1-2-13-6-5-12-10(13)8-3-4-9(11)7-8/h5-7,9H,2-4H2,1H3. The van der Waals surface area contributed by atoms with Crippen LogP contribution in [0.1, 0.15) is 25.6 Å². The van der Waals surface area contributed by atoms with Gasteiger partial charge in [0.15, 0.2) is 0 Å². The van der Waals surface area contributed by atoms with Crippen molar-refractivity contribution in [1.82, 2.24) is 9.55 Å². The van der Waals surface area contributed by atoms with Crippen LogP contribution in [0.15, 0.2) is 18.5 Å². The van der Waals surface area contributed by atoms with Gasteiger partial charge in [0.05, 0.1) is 5.38 Å². The Bertz CT molecular complexity index is 327. The summed E-state index contributed by atoms with van der Waals surface area (Å²) >= 11 is 6.01. The number of imidazole rings is 1. The zero-order valence-corrected chi connectivity index (χ0v) is 8.46. The Hall–Kier alpha value is -0.760. The first-order valence-electron chi connectivity index (χ1n) is 4.67. The molecule has 0 aromatic carbocycles. The van der Waals surface area contributed by atoms with Crippen LogP contribution < -0.4 is 0 Å². The molecule has 2 rings (SSSR count). The predicted octanol–water partition coefficient (Wildman–Crippen LogP) is 2.69. The van der Waals surface area contributed by atoms with Gasteiger partial charge in [-0.2, -0.15) is 0 Å². The summed E-state index contributed by atoms with van der Waals surface area (Å²) in [6.45, 7) is 3.10. The van der Waals surface area contributed by atoms with Gasteiger partial charge in [-0.25, -0.2) is 4.98 Å². The fourth-order valence-electron chi connectivity index (χ4n) is 1.72. The maximum Gasteiger partial charge on any atom is 0.135 e. The molecule has 0 radical (unpaired) electrons. The van der Waals surface area contributed by atoms with Crippen LogP contribution in [0, 0.1) is 0 Å². The third kappa shape index (κ3) is 1.63. The summed E-state index contributed by atoms with van der Waals surface area (Å²) in [6.07, 6.45) is 8.09. The van der Waals surface area contributed by atoms with Crippen molar-refractivity contribution < 1.29 is 0 Å². The van der Waals surface area contributed by atoms with Crippen molar-refractivity contribution in [2.45, 2.75) is 31.7 Å². The van der Waals surface area contributed by atoms with Crippen molar-refractivity contribution in [3.05, 3.63) is 24.3 Å². The zero-order chi connectivity index (χ0) is 9.26. The normalized spacial score (nSPS) is 22.0. The van der Waals surface area contributed by atoms with Gasteiger partial charge in [-0.3, -0.25) is 0 Å². The summed E-state index contributed by atoms with van der Waals surface area (Å²) in [5.74, 6) is 1.09. The number of allylic oxidation sites excluding steroid dienone is 2. The molecule has 1 atom stereocenters. The molecule has 0 spiro atoms. The van der Waals surface area contributed by atoms with Crippen molar-refractivity contribution in [3.63, 3.8) is 0 Å². The highest BCUT2D eigenvalue weighted by molar-refractivity contribution is 6.22. The Balaban J connectivity index is 2.30. The highest BCUT2D eigenvalue weighted by Gasteiger charge is 2.17. The molecule has 0 fully saturated rings. The van der Waals surface area contributed by atoms with Crippen LogP contribution in [0.3, 0.4) is 0 Å². The topological polar surface area (TPSA) is 17.8 Å². The molecule has 70 valence electrons. The summed E-state index contributed by atoms with van der Waals surface area (Å²) in [7, 11) is 0. The minimum atomic E-state index is 0.206. The SMILES string of the molecule is CCn1ccnc1C1=CC(Cl)CC1. The lowest BCUT2D eigenvalue weighted by atomic mass is 10.2. The second-order valence-corrected chi connectivity index (χ2v) is 3.84. The van der Waals surface area contributed by atoms with Gasteiger partial charge >= 0.3 is 0 Å². The Kier molecular flexibility index (Phi) is 2.40. The third-order valence-electron chi connectivity index (χ3n) is 2.41. The fraction of sp³-hybridized carbons (Fsp3) is 0.500. The summed E-state index contributed by atoms with van der Waals surface area (Å²) in [5, 5.41) is 0.206. The van der Waals surface area contributed by atoms with Gasteiger partial charge in [0.25, 0.3) is 0 Å². The van der Waals surface area contributed by atoms with Crippen LogP contribution in [0.25, 0.3) is 5.57 Å². The molecule has 1 heterocycles. The molecule has 0 saturated heterocycles. The highest BCUT2D eigenvalue weighted by Crippen LogP contribution is 2.29. The first kappa shape index (κ1) is 8.82. The first-order chi connectivity index (χ1) is 6.31. The van der Waals surface area contributed by atoms with Crippen molar-refractivity contribution in [2.75, 3.05) is 0 Å². The third-order valence-corrected chi connectivity index (χ3v) is 2.76. The molecule has 0 aliphatic heterocycles. The van der Waals surface area contributed by atoms with Gasteiger partial charge < -0.3 is 4.57 Å². The maximum atomic E-state index is 6.01. The fourth-order valence-corrected chi connectivity index (χ4v) is 1.98. The largest absolute Gasteiger partial charge is 0.332 e. The van der Waals surface area contributed by atoms with Crippen molar-refractivity contribution in [2.24, 2.45) is 0 Å². The van der Waals surface area contributed by atoms with Crippen LogP contribution in [-0.2, 0) is 6.54 Å². The molecule has 1 aromatic heterocycles. The lowest BCUT2D eigenvalue weighted by molar-refractivity contribution is 0.744. The van der Waals surface area contributed by atoms with E-state index in [2.05, 4.69) is 22.6 Å². The number of hydrogen-bond acceptors (Lipinski definition) is 1. The molecule has 1 aromatic rings. The molecular formula is C10H13ClN2. The summed E-state index contributed by atoms with van der Waals surface area (Å²) in [6, 6.07) is 0. The van der Waals surface area contributed by atoms with E-state index in [1.165, 1.54) is 5.57 Å². The van der Waals surface area contributed by atoms with E-state index >= 15 is 0 Å². The molecule has 0 amide bonds. The minimum Gasteiger partial charge on any atom is -0.332 e. The molecule has 3 heteroatoms. The highest BCUT2D eigenvalue weighted by atomic mass is 35.5. The number of rotatable bonds is 2. The molecule has 1 aliphatic rings. The van der Waals surface area contributed by atoms with Crippen molar-refractivity contribution in [3.8, 4) is 0 Å². The Morgan fingerprint density at radius 2 is 2.54 bits per heavy atom. The molecule has 1 unspecified atom stereocenters. The quantitative estimate of drug-likeness (QED) is 0.666. The summed E-state index contributed by atoms with van der Waals surface area (Å²) in [4.78, 5) is 4.34. The van der Waals surface area contributed by atoms with Crippen LogP contribution in [0.5, 0.6) is 0 Å². The smallest absolute Gasteiger partial charge is 0.135 e. The second-order valence-electron chi connectivity index (χ2n) is 3.28. The number of nitrogens with zero attached hydrogens (tertiary/aromatic N) is 2. The van der Waals surface area contributed by atoms with E-state index in [9.17, 15) is 0 Å². The molecular weight excluding hydrogens is 184 g/mol. The van der Waals surface area contributed by atoms with Gasteiger partial charge in [0, 0.05) is 18.9 Å². The number of aryl methyl sites for hydroxylation is 1. The number of aromatic nitrogens is 2. The maximum absolute atomic E-state index is 6.01. The van der Waals surface area contributed by atoms with E-state index in [1.807, 2.05) is 12.4 Å².